The topological polar surface area (TPSA) is 56.0 Å². The van der Waals surface area contributed by atoms with Crippen LogP contribution < -0.4 is 5.32 Å². The summed E-state index contributed by atoms with van der Waals surface area (Å²) in [5.74, 6) is 0. The molecule has 116 valence electrons. The zero-order chi connectivity index (χ0) is 16.1. The van der Waals surface area contributed by atoms with E-state index in [1.54, 1.807) is 6.07 Å². The number of hydrogen-bond acceptors (Lipinski definition) is 3. The molecule has 2 N–H and O–H groups in total. The summed E-state index contributed by atoms with van der Waals surface area (Å²) in [6.45, 7) is 4.60. The molecular formula is C15H19F3N2O. The number of nitrogens with zero attached hydrogens (tertiary/aromatic N) is 1. The fraction of sp³-hybridized carbons (Fsp3) is 0.533. The Hall–Kier alpha value is -1.74. The molecule has 0 spiro atoms. The third-order valence-electron chi connectivity index (χ3n) is 3.24. The predicted octanol–water partition coefficient (Wildman–Crippen LogP) is 3.79. The molecule has 3 nitrogen and oxygen atoms in total. The van der Waals surface area contributed by atoms with Crippen molar-refractivity contribution in [3.8, 4) is 6.07 Å². The lowest BCUT2D eigenvalue weighted by molar-refractivity contribution is -0.137. The van der Waals surface area contributed by atoms with Crippen LogP contribution >= 0.6 is 0 Å². The molecule has 1 aromatic rings. The quantitative estimate of drug-likeness (QED) is 0.840. The van der Waals surface area contributed by atoms with E-state index in [-0.39, 0.29) is 17.6 Å². The maximum Gasteiger partial charge on any atom is 0.416 e. The van der Waals surface area contributed by atoms with Crippen molar-refractivity contribution in [1.29, 1.82) is 5.26 Å². The van der Waals surface area contributed by atoms with Crippen LogP contribution in [0.15, 0.2) is 18.2 Å². The van der Waals surface area contributed by atoms with Crippen LogP contribution in [0.3, 0.4) is 0 Å². The Morgan fingerprint density at radius 3 is 2.48 bits per heavy atom. The van der Waals surface area contributed by atoms with E-state index < -0.39 is 11.7 Å². The first-order chi connectivity index (χ1) is 9.69. The summed E-state index contributed by atoms with van der Waals surface area (Å²) in [6.07, 6.45) is -3.02. The van der Waals surface area contributed by atoms with Crippen LogP contribution in [0.2, 0.25) is 0 Å². The molecule has 0 saturated heterocycles. The SMILES string of the molecule is CC(C)(CCCO)CNc1ccc(C(F)(F)F)cc1C#N. The Labute approximate surface area is 122 Å². The van der Waals surface area contributed by atoms with E-state index in [2.05, 4.69) is 5.32 Å². The summed E-state index contributed by atoms with van der Waals surface area (Å²) < 4.78 is 37.8. The van der Waals surface area contributed by atoms with E-state index in [0.717, 1.165) is 18.6 Å². The fourth-order valence-electron chi connectivity index (χ4n) is 1.95. The minimum Gasteiger partial charge on any atom is -0.396 e. The van der Waals surface area contributed by atoms with Gasteiger partial charge in [-0.1, -0.05) is 13.8 Å². The van der Waals surface area contributed by atoms with Crippen molar-refractivity contribution in [2.45, 2.75) is 32.9 Å². The van der Waals surface area contributed by atoms with Gasteiger partial charge in [0.15, 0.2) is 0 Å². The Morgan fingerprint density at radius 2 is 1.95 bits per heavy atom. The molecule has 0 atom stereocenters. The lowest BCUT2D eigenvalue weighted by Crippen LogP contribution is -2.23. The van der Waals surface area contributed by atoms with Crippen molar-refractivity contribution in [3.63, 3.8) is 0 Å². The normalized spacial score (nSPS) is 12.0. The van der Waals surface area contributed by atoms with Gasteiger partial charge >= 0.3 is 6.18 Å². The molecular weight excluding hydrogens is 281 g/mol. The van der Waals surface area contributed by atoms with E-state index in [9.17, 15) is 13.2 Å². The van der Waals surface area contributed by atoms with Gasteiger partial charge in [-0.05, 0) is 36.5 Å². The van der Waals surface area contributed by atoms with E-state index in [1.165, 1.54) is 6.07 Å². The molecule has 0 saturated carbocycles. The summed E-state index contributed by atoms with van der Waals surface area (Å²) >= 11 is 0. The van der Waals surface area contributed by atoms with E-state index >= 15 is 0 Å². The van der Waals surface area contributed by atoms with Crippen LogP contribution in [-0.4, -0.2) is 18.3 Å². The fourth-order valence-corrected chi connectivity index (χ4v) is 1.95. The largest absolute Gasteiger partial charge is 0.416 e. The maximum atomic E-state index is 12.6. The first-order valence-corrected chi connectivity index (χ1v) is 6.66. The van der Waals surface area contributed by atoms with Gasteiger partial charge in [-0.15, -0.1) is 0 Å². The molecule has 0 bridgehead atoms. The standard InChI is InChI=1S/C15H19F3N2O/c1-14(2,6-3-7-21)10-20-13-5-4-12(15(16,17)18)8-11(13)9-19/h4-5,8,20-21H,3,6-7,10H2,1-2H3. The second kappa shape index (κ2) is 6.81. The predicted molar refractivity (Wildman–Crippen MR) is 74.7 cm³/mol. The second-order valence-electron chi connectivity index (χ2n) is 5.71. The highest BCUT2D eigenvalue weighted by atomic mass is 19.4. The summed E-state index contributed by atoms with van der Waals surface area (Å²) in [7, 11) is 0. The van der Waals surface area contributed by atoms with Crippen molar-refractivity contribution in [1.82, 2.24) is 0 Å². The molecule has 0 aliphatic carbocycles. The molecule has 6 heteroatoms. The number of anilines is 1. The smallest absolute Gasteiger partial charge is 0.396 e. The first-order valence-electron chi connectivity index (χ1n) is 6.66. The number of nitriles is 1. The minimum absolute atomic E-state index is 0.0252. The van der Waals surface area contributed by atoms with Gasteiger partial charge in [-0.2, -0.15) is 18.4 Å². The average Bonchev–Trinajstić information content (AvgIpc) is 2.42. The Morgan fingerprint density at radius 1 is 1.29 bits per heavy atom. The zero-order valence-corrected chi connectivity index (χ0v) is 12.1. The number of benzene rings is 1. The number of halogens is 3. The lowest BCUT2D eigenvalue weighted by Gasteiger charge is -2.25. The maximum absolute atomic E-state index is 12.6. The van der Waals surface area contributed by atoms with E-state index in [4.69, 9.17) is 10.4 Å². The van der Waals surface area contributed by atoms with Gasteiger partial charge in [-0.25, -0.2) is 0 Å². The molecule has 21 heavy (non-hydrogen) atoms. The van der Waals surface area contributed by atoms with Crippen LogP contribution in [0.4, 0.5) is 18.9 Å². The summed E-state index contributed by atoms with van der Waals surface area (Å²) in [5.41, 5.74) is -0.590. The van der Waals surface area contributed by atoms with Gasteiger partial charge in [0, 0.05) is 13.2 Å². The molecule has 0 unspecified atom stereocenters. The Bertz CT molecular complexity index is 519. The number of alkyl halides is 3. The molecule has 0 fully saturated rings. The third-order valence-corrected chi connectivity index (χ3v) is 3.24. The number of nitrogens with one attached hydrogen (secondary N) is 1. The highest BCUT2D eigenvalue weighted by Gasteiger charge is 2.31. The van der Waals surface area contributed by atoms with Crippen LogP contribution in [0.5, 0.6) is 0 Å². The molecule has 0 radical (unpaired) electrons. The highest BCUT2D eigenvalue weighted by molar-refractivity contribution is 5.59. The number of hydrogen-bond donors (Lipinski definition) is 2. The molecule has 0 heterocycles. The van der Waals surface area contributed by atoms with Crippen LogP contribution in [-0.2, 0) is 6.18 Å². The van der Waals surface area contributed by atoms with E-state index in [1.807, 2.05) is 13.8 Å². The average molecular weight is 300 g/mol. The van der Waals surface area contributed by atoms with Crippen molar-refractivity contribution in [2.75, 3.05) is 18.5 Å². The van der Waals surface area contributed by atoms with Gasteiger partial charge < -0.3 is 10.4 Å². The summed E-state index contributed by atoms with van der Waals surface area (Å²) in [5, 5.41) is 20.8. The van der Waals surface area contributed by atoms with Crippen molar-refractivity contribution < 1.29 is 18.3 Å². The van der Waals surface area contributed by atoms with Crippen molar-refractivity contribution in [3.05, 3.63) is 29.3 Å². The van der Waals surface area contributed by atoms with Gasteiger partial charge in [0.25, 0.3) is 0 Å². The Kier molecular flexibility index (Phi) is 5.62. The van der Waals surface area contributed by atoms with Crippen molar-refractivity contribution in [2.24, 2.45) is 5.41 Å². The first kappa shape index (κ1) is 17.3. The molecule has 0 aromatic heterocycles. The summed E-state index contributed by atoms with van der Waals surface area (Å²) in [6, 6.07) is 4.88. The molecule has 0 aliphatic heterocycles. The molecule has 0 amide bonds. The highest BCUT2D eigenvalue weighted by Crippen LogP contribution is 2.32. The number of aliphatic hydroxyl groups is 1. The number of rotatable bonds is 6. The molecule has 1 rings (SSSR count). The van der Waals surface area contributed by atoms with Gasteiger partial charge in [0.1, 0.15) is 6.07 Å². The van der Waals surface area contributed by atoms with Crippen LogP contribution in [0.1, 0.15) is 37.8 Å². The van der Waals surface area contributed by atoms with Gasteiger partial charge in [0.05, 0.1) is 16.8 Å². The Balaban J connectivity index is 2.83. The minimum atomic E-state index is -4.45. The van der Waals surface area contributed by atoms with Crippen LogP contribution in [0.25, 0.3) is 0 Å². The number of aliphatic hydroxyl groups excluding tert-OH is 1. The molecule has 1 aromatic carbocycles. The van der Waals surface area contributed by atoms with Crippen LogP contribution in [0, 0.1) is 16.7 Å². The lowest BCUT2D eigenvalue weighted by atomic mass is 9.87. The monoisotopic (exact) mass is 300 g/mol. The van der Waals surface area contributed by atoms with Gasteiger partial charge in [0.2, 0.25) is 0 Å². The van der Waals surface area contributed by atoms with Gasteiger partial charge in [-0.3, -0.25) is 0 Å². The second-order valence-corrected chi connectivity index (χ2v) is 5.71. The zero-order valence-electron chi connectivity index (χ0n) is 12.1. The third kappa shape index (κ3) is 5.27. The molecule has 0 aliphatic rings. The van der Waals surface area contributed by atoms with Crippen molar-refractivity contribution >= 4 is 5.69 Å². The van der Waals surface area contributed by atoms with E-state index in [0.29, 0.717) is 18.7 Å². The summed E-state index contributed by atoms with van der Waals surface area (Å²) in [4.78, 5) is 0.